The molecule has 0 aliphatic carbocycles. The van der Waals surface area contributed by atoms with Crippen LogP contribution >= 0.6 is 0 Å². The molecule has 1 aromatic carbocycles. The van der Waals surface area contributed by atoms with Crippen LogP contribution in [0.5, 0.6) is 0 Å². The van der Waals surface area contributed by atoms with Gasteiger partial charge in [-0.1, -0.05) is 0 Å². The Morgan fingerprint density at radius 2 is 2.15 bits per heavy atom. The zero-order valence-corrected chi connectivity index (χ0v) is 7.42. The lowest BCUT2D eigenvalue weighted by atomic mass is 10.0. The van der Waals surface area contributed by atoms with Crippen molar-refractivity contribution < 1.29 is 9.50 Å². The van der Waals surface area contributed by atoms with Crippen molar-refractivity contribution in [1.29, 1.82) is 0 Å². The molecule has 0 spiro atoms. The van der Waals surface area contributed by atoms with Gasteiger partial charge in [0.25, 0.3) is 0 Å². The minimum atomic E-state index is -0.546. The molecule has 5 N–H and O–H groups in total. The fraction of sp³-hybridized carbons (Fsp3) is 0.333. The molecule has 0 bridgehead atoms. The highest BCUT2D eigenvalue weighted by Crippen LogP contribution is 2.21. The van der Waals surface area contributed by atoms with E-state index in [4.69, 9.17) is 16.6 Å². The summed E-state index contributed by atoms with van der Waals surface area (Å²) in [5.41, 5.74) is 12.4. The molecule has 0 saturated carbocycles. The molecule has 13 heavy (non-hydrogen) atoms. The SMILES string of the molecule is Cc1cc(N)c(F)cc1[C@H](N)CO. The van der Waals surface area contributed by atoms with Crippen molar-refractivity contribution in [2.45, 2.75) is 13.0 Å². The lowest BCUT2D eigenvalue weighted by Crippen LogP contribution is -2.16. The van der Waals surface area contributed by atoms with E-state index in [-0.39, 0.29) is 12.3 Å². The van der Waals surface area contributed by atoms with Gasteiger partial charge in [0.15, 0.2) is 0 Å². The Kier molecular flexibility index (Phi) is 2.85. The maximum absolute atomic E-state index is 13.0. The summed E-state index contributed by atoms with van der Waals surface area (Å²) in [6.07, 6.45) is 0. The van der Waals surface area contributed by atoms with Crippen molar-refractivity contribution in [3.8, 4) is 0 Å². The summed E-state index contributed by atoms with van der Waals surface area (Å²) >= 11 is 0. The van der Waals surface area contributed by atoms with Crippen LogP contribution < -0.4 is 11.5 Å². The van der Waals surface area contributed by atoms with E-state index in [0.717, 1.165) is 5.56 Å². The Bertz CT molecular complexity index is 315. The van der Waals surface area contributed by atoms with Crippen LogP contribution in [0.3, 0.4) is 0 Å². The van der Waals surface area contributed by atoms with Crippen molar-refractivity contribution in [1.82, 2.24) is 0 Å². The summed E-state index contributed by atoms with van der Waals surface area (Å²) in [6.45, 7) is 1.57. The average molecular weight is 184 g/mol. The van der Waals surface area contributed by atoms with Gasteiger partial charge in [-0.25, -0.2) is 4.39 Å². The van der Waals surface area contributed by atoms with Crippen molar-refractivity contribution in [3.05, 3.63) is 29.1 Å². The first-order valence-electron chi connectivity index (χ1n) is 3.98. The lowest BCUT2D eigenvalue weighted by Gasteiger charge is -2.12. The number of nitrogen functional groups attached to an aromatic ring is 1. The van der Waals surface area contributed by atoms with Crippen molar-refractivity contribution >= 4 is 5.69 Å². The highest BCUT2D eigenvalue weighted by Gasteiger charge is 2.10. The van der Waals surface area contributed by atoms with Crippen LogP contribution in [-0.4, -0.2) is 11.7 Å². The molecule has 72 valence electrons. The standard InChI is InChI=1S/C9H13FN2O/c1-5-2-8(11)7(10)3-6(5)9(12)4-13/h2-3,9,13H,4,11-12H2,1H3/t9-/m1/s1. The third kappa shape index (κ3) is 1.96. The number of halogens is 1. The van der Waals surface area contributed by atoms with Crippen LogP contribution in [0.4, 0.5) is 10.1 Å². The van der Waals surface area contributed by atoms with Crippen LogP contribution in [0.25, 0.3) is 0 Å². The van der Waals surface area contributed by atoms with Crippen molar-refractivity contribution in [2.75, 3.05) is 12.3 Å². The second-order valence-corrected chi connectivity index (χ2v) is 3.02. The van der Waals surface area contributed by atoms with Gasteiger partial charge in [0.2, 0.25) is 0 Å². The number of anilines is 1. The molecule has 3 nitrogen and oxygen atoms in total. The third-order valence-corrected chi connectivity index (χ3v) is 1.98. The molecule has 1 rings (SSSR count). The highest BCUT2D eigenvalue weighted by atomic mass is 19.1. The largest absolute Gasteiger partial charge is 0.396 e. The Balaban J connectivity index is 3.15. The molecule has 0 radical (unpaired) electrons. The van der Waals surface area contributed by atoms with Gasteiger partial charge >= 0.3 is 0 Å². The van der Waals surface area contributed by atoms with E-state index >= 15 is 0 Å². The number of hydrogen-bond acceptors (Lipinski definition) is 3. The Morgan fingerprint density at radius 3 is 2.69 bits per heavy atom. The maximum Gasteiger partial charge on any atom is 0.146 e. The zero-order valence-electron chi connectivity index (χ0n) is 7.42. The van der Waals surface area contributed by atoms with E-state index in [1.54, 1.807) is 6.92 Å². The smallest absolute Gasteiger partial charge is 0.146 e. The van der Waals surface area contributed by atoms with Gasteiger partial charge in [0.05, 0.1) is 18.3 Å². The van der Waals surface area contributed by atoms with E-state index in [2.05, 4.69) is 0 Å². The molecule has 0 amide bonds. The number of aryl methyl sites for hydroxylation is 1. The Hall–Kier alpha value is -1.13. The fourth-order valence-corrected chi connectivity index (χ4v) is 1.22. The molecular weight excluding hydrogens is 171 g/mol. The molecule has 0 aromatic heterocycles. The van der Waals surface area contributed by atoms with Crippen molar-refractivity contribution in [2.24, 2.45) is 5.73 Å². The van der Waals surface area contributed by atoms with Gasteiger partial charge in [0.1, 0.15) is 5.82 Å². The van der Waals surface area contributed by atoms with E-state index in [1.807, 2.05) is 0 Å². The number of aliphatic hydroxyl groups excluding tert-OH is 1. The topological polar surface area (TPSA) is 72.3 Å². The van der Waals surface area contributed by atoms with Gasteiger partial charge in [0, 0.05) is 0 Å². The summed E-state index contributed by atoms with van der Waals surface area (Å²) in [7, 11) is 0. The average Bonchev–Trinajstić information content (AvgIpc) is 2.10. The first-order valence-corrected chi connectivity index (χ1v) is 3.98. The normalized spacial score (nSPS) is 12.9. The molecule has 0 unspecified atom stereocenters. The zero-order chi connectivity index (χ0) is 10.0. The monoisotopic (exact) mass is 184 g/mol. The van der Waals surface area contributed by atoms with E-state index in [0.29, 0.717) is 5.56 Å². The maximum atomic E-state index is 13.0. The summed E-state index contributed by atoms with van der Waals surface area (Å²) in [4.78, 5) is 0. The van der Waals surface area contributed by atoms with Crippen molar-refractivity contribution in [3.63, 3.8) is 0 Å². The molecule has 0 fully saturated rings. The predicted octanol–water partition coefficient (Wildman–Crippen LogP) is 0.708. The van der Waals surface area contributed by atoms with Crippen LogP contribution in [0.15, 0.2) is 12.1 Å². The summed E-state index contributed by atoms with van der Waals surface area (Å²) in [5.74, 6) is -0.496. The first kappa shape index (κ1) is 9.95. The molecular formula is C9H13FN2O. The quantitative estimate of drug-likeness (QED) is 0.593. The summed E-state index contributed by atoms with van der Waals surface area (Å²) in [5, 5.41) is 8.79. The minimum Gasteiger partial charge on any atom is -0.396 e. The van der Waals surface area contributed by atoms with E-state index in [9.17, 15) is 4.39 Å². The lowest BCUT2D eigenvalue weighted by molar-refractivity contribution is 0.267. The summed E-state index contributed by atoms with van der Waals surface area (Å²) < 4.78 is 13.0. The van der Waals surface area contributed by atoms with Crippen LogP contribution in [-0.2, 0) is 0 Å². The predicted molar refractivity (Wildman–Crippen MR) is 49.6 cm³/mol. The van der Waals surface area contributed by atoms with Gasteiger partial charge in [-0.05, 0) is 30.2 Å². The Labute approximate surface area is 76.2 Å². The van der Waals surface area contributed by atoms with Gasteiger partial charge < -0.3 is 16.6 Å². The molecule has 0 saturated heterocycles. The number of hydrogen-bond donors (Lipinski definition) is 3. The number of rotatable bonds is 2. The fourth-order valence-electron chi connectivity index (χ4n) is 1.22. The second-order valence-electron chi connectivity index (χ2n) is 3.02. The number of nitrogens with two attached hydrogens (primary N) is 2. The van der Waals surface area contributed by atoms with Crippen LogP contribution in [0.2, 0.25) is 0 Å². The summed E-state index contributed by atoms with van der Waals surface area (Å²) in [6, 6.07) is 2.24. The Morgan fingerprint density at radius 1 is 1.54 bits per heavy atom. The molecule has 1 aromatic rings. The molecule has 0 aliphatic heterocycles. The van der Waals surface area contributed by atoms with Gasteiger partial charge in [-0.15, -0.1) is 0 Å². The number of benzene rings is 1. The molecule has 1 atom stereocenters. The first-order chi connectivity index (χ1) is 6.06. The van der Waals surface area contributed by atoms with Crippen LogP contribution in [0.1, 0.15) is 17.2 Å². The van der Waals surface area contributed by atoms with Gasteiger partial charge in [-0.3, -0.25) is 0 Å². The van der Waals surface area contributed by atoms with Gasteiger partial charge in [-0.2, -0.15) is 0 Å². The molecule has 4 heteroatoms. The molecule has 0 heterocycles. The number of aliphatic hydroxyl groups is 1. The highest BCUT2D eigenvalue weighted by molar-refractivity contribution is 5.46. The van der Waals surface area contributed by atoms with E-state index in [1.165, 1.54) is 12.1 Å². The third-order valence-electron chi connectivity index (χ3n) is 1.98. The minimum absolute atomic E-state index is 0.103. The van der Waals surface area contributed by atoms with E-state index < -0.39 is 11.9 Å². The second kappa shape index (κ2) is 3.72. The molecule has 0 aliphatic rings. The van der Waals surface area contributed by atoms with Crippen LogP contribution in [0, 0.1) is 12.7 Å².